The molecular formula is C19H27NO4. The minimum Gasteiger partial charge on any atom is -0.461 e. The molecular weight excluding hydrogens is 306 g/mol. The molecule has 1 aliphatic rings. The Hall–Kier alpha value is -1.88. The molecule has 132 valence electrons. The van der Waals surface area contributed by atoms with Crippen LogP contribution in [0.15, 0.2) is 30.3 Å². The Morgan fingerprint density at radius 2 is 1.75 bits per heavy atom. The van der Waals surface area contributed by atoms with Crippen LogP contribution in [-0.4, -0.2) is 42.1 Å². The van der Waals surface area contributed by atoms with Crippen molar-refractivity contribution >= 4 is 11.9 Å². The van der Waals surface area contributed by atoms with E-state index in [4.69, 9.17) is 9.47 Å². The lowest BCUT2D eigenvalue weighted by Crippen LogP contribution is -2.41. The zero-order valence-corrected chi connectivity index (χ0v) is 14.8. The van der Waals surface area contributed by atoms with Gasteiger partial charge >= 0.3 is 11.9 Å². The number of nitrogens with zero attached hydrogens (tertiary/aromatic N) is 1. The summed E-state index contributed by atoms with van der Waals surface area (Å²) in [5.74, 6) is -0.438. The second-order valence-electron chi connectivity index (χ2n) is 7.23. The Morgan fingerprint density at radius 3 is 2.33 bits per heavy atom. The van der Waals surface area contributed by atoms with Crippen LogP contribution in [0.2, 0.25) is 0 Å². The van der Waals surface area contributed by atoms with Gasteiger partial charge in [-0.05, 0) is 52.3 Å². The van der Waals surface area contributed by atoms with Crippen molar-refractivity contribution in [2.75, 3.05) is 19.6 Å². The number of carbonyl (C=O) groups excluding carboxylic acids is 2. The second-order valence-corrected chi connectivity index (χ2v) is 7.23. The first-order valence-electron chi connectivity index (χ1n) is 8.48. The fraction of sp³-hybridized carbons (Fsp3) is 0.579. The molecule has 1 aliphatic heterocycles. The molecule has 0 atom stereocenters. The van der Waals surface area contributed by atoms with Gasteiger partial charge in [0.1, 0.15) is 12.2 Å². The Bertz CT molecular complexity index is 542. The number of likely N-dealkylation sites (tertiary alicyclic amines) is 1. The topological polar surface area (TPSA) is 55.8 Å². The van der Waals surface area contributed by atoms with E-state index < -0.39 is 5.60 Å². The SMILES string of the molecule is CC(C)(C)OC(=O)CN1CCC(C(=O)OCc2ccccc2)CC1. The zero-order chi connectivity index (χ0) is 17.6. The molecule has 0 N–H and O–H groups in total. The van der Waals surface area contributed by atoms with E-state index in [1.807, 2.05) is 56.0 Å². The van der Waals surface area contributed by atoms with Crippen LogP contribution in [0.5, 0.6) is 0 Å². The lowest BCUT2D eigenvalue weighted by atomic mass is 9.97. The summed E-state index contributed by atoms with van der Waals surface area (Å²) in [5.41, 5.74) is 0.532. The van der Waals surface area contributed by atoms with Gasteiger partial charge in [0, 0.05) is 0 Å². The Balaban J connectivity index is 1.70. The van der Waals surface area contributed by atoms with E-state index in [0.717, 1.165) is 18.4 Å². The van der Waals surface area contributed by atoms with Gasteiger partial charge < -0.3 is 9.47 Å². The molecule has 5 nitrogen and oxygen atoms in total. The van der Waals surface area contributed by atoms with Crippen LogP contribution in [0.1, 0.15) is 39.2 Å². The van der Waals surface area contributed by atoms with Gasteiger partial charge in [0.05, 0.1) is 12.5 Å². The van der Waals surface area contributed by atoms with Gasteiger partial charge in [0.2, 0.25) is 0 Å². The van der Waals surface area contributed by atoms with Crippen molar-refractivity contribution < 1.29 is 19.1 Å². The van der Waals surface area contributed by atoms with Gasteiger partial charge in [-0.1, -0.05) is 30.3 Å². The summed E-state index contributed by atoms with van der Waals surface area (Å²) in [6.45, 7) is 7.61. The summed E-state index contributed by atoms with van der Waals surface area (Å²) in [4.78, 5) is 26.0. The first-order valence-corrected chi connectivity index (χ1v) is 8.48. The van der Waals surface area contributed by atoms with Gasteiger partial charge in [-0.15, -0.1) is 0 Å². The summed E-state index contributed by atoms with van der Waals surface area (Å²) >= 11 is 0. The van der Waals surface area contributed by atoms with Gasteiger partial charge in [-0.25, -0.2) is 0 Å². The van der Waals surface area contributed by atoms with Gasteiger partial charge in [0.25, 0.3) is 0 Å². The predicted octanol–water partition coefficient (Wildman–Crippen LogP) is 2.78. The van der Waals surface area contributed by atoms with Crippen molar-refractivity contribution in [1.82, 2.24) is 4.90 Å². The first kappa shape index (κ1) is 18.5. The number of hydrogen-bond donors (Lipinski definition) is 0. The standard InChI is InChI=1S/C19H27NO4/c1-19(2,3)24-17(21)13-20-11-9-16(10-12-20)18(22)23-14-15-7-5-4-6-8-15/h4-8,16H,9-14H2,1-3H3. The van der Waals surface area contributed by atoms with Crippen molar-refractivity contribution in [2.24, 2.45) is 5.92 Å². The highest BCUT2D eigenvalue weighted by Crippen LogP contribution is 2.19. The molecule has 1 heterocycles. The molecule has 1 aromatic rings. The fourth-order valence-corrected chi connectivity index (χ4v) is 2.73. The summed E-state index contributed by atoms with van der Waals surface area (Å²) in [6, 6.07) is 9.68. The third-order valence-electron chi connectivity index (χ3n) is 3.92. The maximum Gasteiger partial charge on any atom is 0.320 e. The average molecular weight is 333 g/mol. The number of rotatable bonds is 5. The number of piperidine rings is 1. The fourth-order valence-electron chi connectivity index (χ4n) is 2.73. The van der Waals surface area contributed by atoms with Gasteiger partial charge in [-0.2, -0.15) is 0 Å². The third kappa shape index (κ3) is 6.32. The van der Waals surface area contributed by atoms with Crippen molar-refractivity contribution in [1.29, 1.82) is 0 Å². The molecule has 2 rings (SSSR count). The molecule has 0 bridgehead atoms. The molecule has 0 amide bonds. The summed E-state index contributed by atoms with van der Waals surface area (Å²) in [6.07, 6.45) is 1.44. The molecule has 1 fully saturated rings. The highest BCUT2D eigenvalue weighted by molar-refractivity contribution is 5.73. The van der Waals surface area contributed by atoms with Crippen LogP contribution in [0.25, 0.3) is 0 Å². The Kier molecular flexibility index (Phi) is 6.37. The van der Waals surface area contributed by atoms with E-state index in [0.29, 0.717) is 19.7 Å². The smallest absolute Gasteiger partial charge is 0.320 e. The van der Waals surface area contributed by atoms with Gasteiger partial charge in [-0.3, -0.25) is 14.5 Å². The molecule has 0 radical (unpaired) electrons. The number of esters is 2. The number of hydrogen-bond acceptors (Lipinski definition) is 5. The highest BCUT2D eigenvalue weighted by atomic mass is 16.6. The molecule has 0 aliphatic carbocycles. The average Bonchev–Trinajstić information content (AvgIpc) is 2.52. The van der Waals surface area contributed by atoms with E-state index in [1.54, 1.807) is 0 Å². The van der Waals surface area contributed by atoms with Crippen LogP contribution >= 0.6 is 0 Å². The summed E-state index contributed by atoms with van der Waals surface area (Å²) in [7, 11) is 0. The molecule has 0 saturated carbocycles. The van der Waals surface area contributed by atoms with Crippen LogP contribution in [0.3, 0.4) is 0 Å². The summed E-state index contributed by atoms with van der Waals surface area (Å²) in [5, 5.41) is 0. The number of ether oxygens (including phenoxy) is 2. The minimum absolute atomic E-state index is 0.0800. The number of benzene rings is 1. The largest absolute Gasteiger partial charge is 0.461 e. The molecule has 5 heteroatoms. The quantitative estimate of drug-likeness (QED) is 0.776. The maximum atomic E-state index is 12.2. The van der Waals surface area contributed by atoms with Crippen molar-refractivity contribution in [3.8, 4) is 0 Å². The maximum absolute atomic E-state index is 12.2. The molecule has 1 aromatic carbocycles. The lowest BCUT2D eigenvalue weighted by molar-refractivity contribution is -0.157. The highest BCUT2D eigenvalue weighted by Gasteiger charge is 2.28. The zero-order valence-electron chi connectivity index (χ0n) is 14.8. The van der Waals surface area contributed by atoms with Gasteiger partial charge in [0.15, 0.2) is 0 Å². The second kappa shape index (κ2) is 8.29. The number of carbonyl (C=O) groups is 2. The molecule has 0 unspecified atom stereocenters. The first-order chi connectivity index (χ1) is 11.3. The predicted molar refractivity (Wildman–Crippen MR) is 91.2 cm³/mol. The Labute approximate surface area is 143 Å². The van der Waals surface area contributed by atoms with Crippen molar-refractivity contribution in [3.63, 3.8) is 0 Å². The molecule has 24 heavy (non-hydrogen) atoms. The third-order valence-corrected chi connectivity index (χ3v) is 3.92. The minimum atomic E-state index is -0.462. The molecule has 0 spiro atoms. The lowest BCUT2D eigenvalue weighted by Gasteiger charge is -2.31. The van der Waals surface area contributed by atoms with E-state index in [1.165, 1.54) is 0 Å². The van der Waals surface area contributed by atoms with E-state index in [-0.39, 0.29) is 24.4 Å². The Morgan fingerprint density at radius 1 is 1.12 bits per heavy atom. The van der Waals surface area contributed by atoms with Crippen molar-refractivity contribution in [3.05, 3.63) is 35.9 Å². The van der Waals surface area contributed by atoms with E-state index >= 15 is 0 Å². The molecule has 1 saturated heterocycles. The van der Waals surface area contributed by atoms with E-state index in [9.17, 15) is 9.59 Å². The molecule has 0 aromatic heterocycles. The van der Waals surface area contributed by atoms with Crippen LogP contribution in [0.4, 0.5) is 0 Å². The van der Waals surface area contributed by atoms with Crippen LogP contribution < -0.4 is 0 Å². The van der Waals surface area contributed by atoms with Crippen LogP contribution in [-0.2, 0) is 25.7 Å². The normalized spacial score (nSPS) is 16.6. The van der Waals surface area contributed by atoms with Crippen LogP contribution in [0, 0.1) is 5.92 Å². The summed E-state index contributed by atoms with van der Waals surface area (Å²) < 4.78 is 10.7. The van der Waals surface area contributed by atoms with Crippen molar-refractivity contribution in [2.45, 2.75) is 45.8 Å². The monoisotopic (exact) mass is 333 g/mol. The van der Waals surface area contributed by atoms with E-state index in [2.05, 4.69) is 0 Å².